The van der Waals surface area contributed by atoms with E-state index >= 15 is 0 Å². The third-order valence-electron chi connectivity index (χ3n) is 2.13. The summed E-state index contributed by atoms with van der Waals surface area (Å²) in [7, 11) is 1.57. The number of aromatic nitrogens is 1. The first kappa shape index (κ1) is 8.74. The molecule has 1 heterocycles. The van der Waals surface area contributed by atoms with Crippen molar-refractivity contribution < 1.29 is 14.1 Å². The average Bonchev–Trinajstić information content (AvgIpc) is 2.60. The van der Waals surface area contributed by atoms with Crippen molar-refractivity contribution in [2.24, 2.45) is 0 Å². The van der Waals surface area contributed by atoms with Gasteiger partial charge < -0.3 is 9.26 Å². The topological polar surface area (TPSA) is 52.3 Å². The molecule has 4 heteroatoms. The lowest BCUT2D eigenvalue weighted by Gasteiger charge is -2.01. The molecule has 0 atom stereocenters. The second-order valence-corrected chi connectivity index (χ2v) is 2.95. The summed E-state index contributed by atoms with van der Waals surface area (Å²) in [5.41, 5.74) is 1.69. The van der Waals surface area contributed by atoms with E-state index in [9.17, 15) is 4.79 Å². The molecule has 2 aromatic rings. The number of benzene rings is 1. The van der Waals surface area contributed by atoms with Crippen molar-refractivity contribution in [2.45, 2.75) is 6.92 Å². The molecular formula is C10H9NO3. The molecule has 72 valence electrons. The van der Waals surface area contributed by atoms with Gasteiger partial charge in [0, 0.05) is 0 Å². The van der Waals surface area contributed by atoms with Crippen LogP contribution in [0, 0.1) is 6.92 Å². The molecule has 1 aromatic heterocycles. The first-order valence-electron chi connectivity index (χ1n) is 4.16. The van der Waals surface area contributed by atoms with Crippen molar-refractivity contribution in [3.63, 3.8) is 0 Å². The van der Waals surface area contributed by atoms with Gasteiger partial charge in [0.25, 0.3) is 0 Å². The SMILES string of the molecule is COc1ccc(C=O)c2onc(C)c12. The monoisotopic (exact) mass is 191 g/mol. The Labute approximate surface area is 80.4 Å². The Morgan fingerprint density at radius 1 is 1.50 bits per heavy atom. The Bertz CT molecular complexity index is 487. The molecule has 0 saturated carbocycles. The number of rotatable bonds is 2. The zero-order valence-corrected chi connectivity index (χ0v) is 7.90. The molecule has 0 aliphatic rings. The highest BCUT2D eigenvalue weighted by Crippen LogP contribution is 2.30. The van der Waals surface area contributed by atoms with Crippen molar-refractivity contribution >= 4 is 17.3 Å². The van der Waals surface area contributed by atoms with Gasteiger partial charge in [-0.3, -0.25) is 4.79 Å². The molecule has 14 heavy (non-hydrogen) atoms. The summed E-state index contributed by atoms with van der Waals surface area (Å²) in [6, 6.07) is 3.38. The lowest BCUT2D eigenvalue weighted by atomic mass is 10.1. The van der Waals surface area contributed by atoms with Crippen LogP contribution in [0.15, 0.2) is 16.7 Å². The molecule has 2 rings (SSSR count). The number of nitrogens with zero attached hydrogens (tertiary/aromatic N) is 1. The molecule has 0 aliphatic carbocycles. The first-order chi connectivity index (χ1) is 6.77. The second-order valence-electron chi connectivity index (χ2n) is 2.95. The zero-order chi connectivity index (χ0) is 10.1. The van der Waals surface area contributed by atoms with Crippen LogP contribution in [-0.4, -0.2) is 18.6 Å². The summed E-state index contributed by atoms with van der Waals surface area (Å²) in [6.07, 6.45) is 0.742. The number of fused-ring (bicyclic) bond motifs is 1. The van der Waals surface area contributed by atoms with Crippen molar-refractivity contribution in [2.75, 3.05) is 7.11 Å². The predicted octanol–water partition coefficient (Wildman–Crippen LogP) is 1.96. The Hall–Kier alpha value is -1.84. The van der Waals surface area contributed by atoms with E-state index in [0.29, 0.717) is 16.9 Å². The smallest absolute Gasteiger partial charge is 0.181 e. The maximum atomic E-state index is 10.7. The highest BCUT2D eigenvalue weighted by Gasteiger charge is 2.13. The first-order valence-corrected chi connectivity index (χ1v) is 4.16. The summed E-state index contributed by atoms with van der Waals surface area (Å²) < 4.78 is 10.2. The van der Waals surface area contributed by atoms with Gasteiger partial charge in [-0.2, -0.15) is 0 Å². The molecule has 0 unspecified atom stereocenters. The lowest BCUT2D eigenvalue weighted by Crippen LogP contribution is -1.87. The maximum absolute atomic E-state index is 10.7. The fourth-order valence-electron chi connectivity index (χ4n) is 1.44. The summed E-state index contributed by atoms with van der Waals surface area (Å²) in [4.78, 5) is 10.7. The van der Waals surface area contributed by atoms with Gasteiger partial charge >= 0.3 is 0 Å². The summed E-state index contributed by atoms with van der Waals surface area (Å²) in [5, 5.41) is 4.56. The van der Waals surface area contributed by atoms with E-state index in [2.05, 4.69) is 5.16 Å². The van der Waals surface area contributed by atoms with Crippen LogP contribution in [0.5, 0.6) is 5.75 Å². The third-order valence-corrected chi connectivity index (χ3v) is 2.13. The molecule has 0 amide bonds. The van der Waals surface area contributed by atoms with E-state index < -0.39 is 0 Å². The van der Waals surface area contributed by atoms with E-state index in [1.165, 1.54) is 0 Å². The van der Waals surface area contributed by atoms with Crippen LogP contribution < -0.4 is 4.74 Å². The summed E-state index contributed by atoms with van der Waals surface area (Å²) in [5.74, 6) is 0.671. The van der Waals surface area contributed by atoms with Crippen molar-refractivity contribution in [3.8, 4) is 5.75 Å². The van der Waals surface area contributed by atoms with E-state index in [1.54, 1.807) is 19.2 Å². The van der Waals surface area contributed by atoms with Gasteiger partial charge in [0.05, 0.1) is 23.8 Å². The number of carbonyl (C=O) groups is 1. The van der Waals surface area contributed by atoms with Gasteiger partial charge in [-0.25, -0.2) is 0 Å². The third kappa shape index (κ3) is 1.08. The number of carbonyl (C=O) groups excluding carboxylic acids is 1. The van der Waals surface area contributed by atoms with Gasteiger partial charge in [0.2, 0.25) is 0 Å². The molecule has 0 saturated heterocycles. The van der Waals surface area contributed by atoms with Gasteiger partial charge in [0.1, 0.15) is 5.75 Å². The minimum absolute atomic E-state index is 0.483. The highest BCUT2D eigenvalue weighted by molar-refractivity contribution is 5.98. The number of hydrogen-bond acceptors (Lipinski definition) is 4. The van der Waals surface area contributed by atoms with Gasteiger partial charge in [-0.05, 0) is 19.1 Å². The van der Waals surface area contributed by atoms with E-state index in [0.717, 1.165) is 17.4 Å². The maximum Gasteiger partial charge on any atom is 0.181 e. The molecule has 0 N–H and O–H groups in total. The van der Waals surface area contributed by atoms with Gasteiger partial charge in [-0.15, -0.1) is 0 Å². The standard InChI is InChI=1S/C10H9NO3/c1-6-9-8(13-2)4-3-7(5-12)10(9)14-11-6/h3-5H,1-2H3. The van der Waals surface area contributed by atoms with E-state index in [4.69, 9.17) is 9.26 Å². The second kappa shape index (κ2) is 3.14. The van der Waals surface area contributed by atoms with Crippen LogP contribution in [-0.2, 0) is 0 Å². The fraction of sp³-hybridized carbons (Fsp3) is 0.200. The van der Waals surface area contributed by atoms with Crippen LogP contribution in [0.4, 0.5) is 0 Å². The molecule has 0 bridgehead atoms. The number of hydrogen-bond donors (Lipinski definition) is 0. The van der Waals surface area contributed by atoms with Crippen LogP contribution in [0.25, 0.3) is 11.0 Å². The minimum Gasteiger partial charge on any atom is -0.496 e. The van der Waals surface area contributed by atoms with Crippen LogP contribution >= 0.6 is 0 Å². The van der Waals surface area contributed by atoms with E-state index in [1.807, 2.05) is 6.92 Å². The number of methoxy groups -OCH3 is 1. The minimum atomic E-state index is 0.483. The average molecular weight is 191 g/mol. The van der Waals surface area contributed by atoms with Crippen LogP contribution in [0.1, 0.15) is 16.1 Å². The zero-order valence-electron chi connectivity index (χ0n) is 7.90. The number of ether oxygens (including phenoxy) is 1. The fourth-order valence-corrected chi connectivity index (χ4v) is 1.44. The van der Waals surface area contributed by atoms with E-state index in [-0.39, 0.29) is 0 Å². The Balaban J connectivity index is 2.87. The van der Waals surface area contributed by atoms with Crippen LogP contribution in [0.2, 0.25) is 0 Å². The Morgan fingerprint density at radius 3 is 2.93 bits per heavy atom. The molecule has 1 aromatic carbocycles. The quantitative estimate of drug-likeness (QED) is 0.681. The lowest BCUT2D eigenvalue weighted by molar-refractivity contribution is 0.112. The van der Waals surface area contributed by atoms with Crippen LogP contribution in [0.3, 0.4) is 0 Å². The highest BCUT2D eigenvalue weighted by atomic mass is 16.5. The number of aldehydes is 1. The van der Waals surface area contributed by atoms with Gasteiger partial charge in [0.15, 0.2) is 11.9 Å². The van der Waals surface area contributed by atoms with Gasteiger partial charge in [-0.1, -0.05) is 5.16 Å². The van der Waals surface area contributed by atoms with Crippen molar-refractivity contribution in [1.29, 1.82) is 0 Å². The number of aryl methyl sites for hydroxylation is 1. The largest absolute Gasteiger partial charge is 0.496 e. The summed E-state index contributed by atoms with van der Waals surface area (Å²) in [6.45, 7) is 1.81. The summed E-state index contributed by atoms with van der Waals surface area (Å²) >= 11 is 0. The molecule has 0 spiro atoms. The Morgan fingerprint density at radius 2 is 2.29 bits per heavy atom. The van der Waals surface area contributed by atoms with Crippen molar-refractivity contribution in [1.82, 2.24) is 5.16 Å². The molecule has 0 aliphatic heterocycles. The molecular weight excluding hydrogens is 182 g/mol. The molecule has 4 nitrogen and oxygen atoms in total. The Kier molecular flexibility index (Phi) is 1.96. The molecule has 0 fully saturated rings. The van der Waals surface area contributed by atoms with Crippen molar-refractivity contribution in [3.05, 3.63) is 23.4 Å². The predicted molar refractivity (Wildman–Crippen MR) is 50.7 cm³/mol. The normalized spacial score (nSPS) is 10.4. The molecule has 0 radical (unpaired) electrons.